The topological polar surface area (TPSA) is 168 Å². The number of carbonyl (C=O) groups excluding carboxylic acids is 3. The Kier molecular flexibility index (Phi) is 12.4. The number of carboxylic acids is 1. The molecule has 0 spiro atoms. The summed E-state index contributed by atoms with van der Waals surface area (Å²) in [4.78, 5) is 60.0. The molecule has 0 saturated heterocycles. The molecule has 38 heavy (non-hydrogen) atoms. The lowest BCUT2D eigenvalue weighted by atomic mass is 10.0. The van der Waals surface area contributed by atoms with Crippen LogP contribution in [-0.2, 0) is 32.0 Å². The smallest absolute Gasteiger partial charge is 0.303 e. The molecule has 0 saturated carbocycles. The number of unbranched alkanes of at least 4 members (excludes halogenated alkanes) is 2. The number of rotatable bonds is 16. The molecule has 0 aliphatic heterocycles. The molecule has 0 unspecified atom stereocenters. The highest BCUT2D eigenvalue weighted by molar-refractivity contribution is 5.92. The van der Waals surface area contributed by atoms with Crippen LogP contribution in [0.4, 0.5) is 5.69 Å². The first-order chi connectivity index (χ1) is 18.2. The number of amides is 3. The lowest BCUT2D eigenvalue weighted by Crippen LogP contribution is -2.55. The Balaban J connectivity index is 2.21. The first-order valence-corrected chi connectivity index (χ1v) is 12.6. The van der Waals surface area contributed by atoms with Crippen molar-refractivity contribution in [3.05, 3.63) is 75.8 Å². The zero-order chi connectivity index (χ0) is 27.9. The van der Waals surface area contributed by atoms with Crippen LogP contribution >= 0.6 is 0 Å². The van der Waals surface area contributed by atoms with Gasteiger partial charge in [0.2, 0.25) is 17.7 Å². The molecule has 204 valence electrons. The summed E-state index contributed by atoms with van der Waals surface area (Å²) in [6, 6.07) is 12.6. The molecule has 2 aromatic carbocycles. The molecule has 0 aliphatic rings. The minimum absolute atomic E-state index is 0.0777. The van der Waals surface area contributed by atoms with Gasteiger partial charge in [0.25, 0.3) is 5.69 Å². The Bertz CT molecular complexity index is 1090. The lowest BCUT2D eigenvalue weighted by Gasteiger charge is -2.23. The maximum absolute atomic E-state index is 13.3. The first-order valence-electron chi connectivity index (χ1n) is 12.6. The number of non-ortho nitro benzene ring substituents is 1. The van der Waals surface area contributed by atoms with Crippen molar-refractivity contribution in [2.24, 2.45) is 0 Å². The number of nitro groups is 1. The fourth-order valence-corrected chi connectivity index (χ4v) is 3.73. The molecule has 0 radical (unpaired) electrons. The number of hydrogen-bond donors (Lipinski definition) is 4. The van der Waals surface area contributed by atoms with Crippen LogP contribution < -0.4 is 16.0 Å². The van der Waals surface area contributed by atoms with Gasteiger partial charge in [0, 0.05) is 37.9 Å². The van der Waals surface area contributed by atoms with Crippen molar-refractivity contribution in [1.82, 2.24) is 16.0 Å². The third-order valence-electron chi connectivity index (χ3n) is 5.80. The van der Waals surface area contributed by atoms with E-state index in [0.29, 0.717) is 12.1 Å². The summed E-state index contributed by atoms with van der Waals surface area (Å²) in [7, 11) is 0. The van der Waals surface area contributed by atoms with Crippen molar-refractivity contribution in [1.29, 1.82) is 0 Å². The maximum Gasteiger partial charge on any atom is 0.303 e. The van der Waals surface area contributed by atoms with E-state index in [9.17, 15) is 29.3 Å². The van der Waals surface area contributed by atoms with Gasteiger partial charge in [-0.1, -0.05) is 62.2 Å². The van der Waals surface area contributed by atoms with Crippen LogP contribution in [0.5, 0.6) is 0 Å². The third kappa shape index (κ3) is 10.8. The minimum atomic E-state index is -1.13. The van der Waals surface area contributed by atoms with Gasteiger partial charge in [-0.2, -0.15) is 0 Å². The van der Waals surface area contributed by atoms with Gasteiger partial charge in [-0.3, -0.25) is 29.3 Å². The number of carbonyl (C=O) groups is 4. The van der Waals surface area contributed by atoms with Gasteiger partial charge in [0.15, 0.2) is 0 Å². The number of benzene rings is 2. The van der Waals surface area contributed by atoms with Crippen molar-refractivity contribution < 1.29 is 29.2 Å². The molecule has 0 fully saturated rings. The van der Waals surface area contributed by atoms with E-state index < -0.39 is 40.7 Å². The Morgan fingerprint density at radius 3 is 2.03 bits per heavy atom. The third-order valence-corrected chi connectivity index (χ3v) is 5.80. The molecule has 0 aromatic heterocycles. The van der Waals surface area contributed by atoms with Crippen LogP contribution in [0, 0.1) is 10.1 Å². The zero-order valence-electron chi connectivity index (χ0n) is 21.4. The monoisotopic (exact) mass is 526 g/mol. The summed E-state index contributed by atoms with van der Waals surface area (Å²) >= 11 is 0. The van der Waals surface area contributed by atoms with Crippen LogP contribution in [0.25, 0.3) is 0 Å². The molecule has 2 rings (SSSR count). The summed E-state index contributed by atoms with van der Waals surface area (Å²) in [5, 5.41) is 28.0. The van der Waals surface area contributed by atoms with Gasteiger partial charge in [-0.05, 0) is 17.5 Å². The minimum Gasteiger partial charge on any atom is -0.481 e. The van der Waals surface area contributed by atoms with E-state index in [2.05, 4.69) is 16.0 Å². The average molecular weight is 527 g/mol. The standard InChI is InChI=1S/C27H34N4O7/c1-2-3-7-16-28-26(35)22(18-20-10-12-21(13-11-20)31(37)38)30-27(36)23(17-19-8-5-4-6-9-19)29-24(32)14-15-25(33)34/h4-6,8-13,22-23H,2-3,7,14-18H2,1H3,(H,28,35)(H,29,32)(H,30,36)(H,33,34)/t22-,23-/m0/s1. The Morgan fingerprint density at radius 1 is 0.842 bits per heavy atom. The Morgan fingerprint density at radius 2 is 1.45 bits per heavy atom. The maximum atomic E-state index is 13.3. The van der Waals surface area contributed by atoms with E-state index in [-0.39, 0.29) is 31.4 Å². The van der Waals surface area contributed by atoms with Crippen LogP contribution in [0.3, 0.4) is 0 Å². The number of nitro benzene ring substituents is 1. The van der Waals surface area contributed by atoms with E-state index in [4.69, 9.17) is 5.11 Å². The molecule has 4 N–H and O–H groups in total. The second-order valence-corrected chi connectivity index (χ2v) is 8.89. The molecule has 3 amide bonds. The molecular formula is C27H34N4O7. The fourth-order valence-electron chi connectivity index (χ4n) is 3.73. The van der Waals surface area contributed by atoms with Crippen LogP contribution in [-0.4, -0.2) is 52.3 Å². The van der Waals surface area contributed by atoms with Crippen molar-refractivity contribution in [2.45, 2.75) is 64.0 Å². The number of aliphatic carboxylic acids is 1. The quantitative estimate of drug-likeness (QED) is 0.148. The average Bonchev–Trinajstić information content (AvgIpc) is 2.90. The number of hydrogen-bond acceptors (Lipinski definition) is 6. The molecule has 0 bridgehead atoms. The van der Waals surface area contributed by atoms with Crippen molar-refractivity contribution in [2.75, 3.05) is 6.54 Å². The second kappa shape index (κ2) is 15.7. The summed E-state index contributed by atoms with van der Waals surface area (Å²) in [5.74, 6) is -2.75. The molecule has 2 atom stereocenters. The summed E-state index contributed by atoms with van der Waals surface area (Å²) in [5.41, 5.74) is 1.28. The summed E-state index contributed by atoms with van der Waals surface area (Å²) in [6.07, 6.45) is 2.22. The SMILES string of the molecule is CCCCCNC(=O)[C@H](Cc1ccc([N+](=O)[O-])cc1)NC(=O)[C@H](Cc1ccccc1)NC(=O)CCC(=O)O. The highest BCUT2D eigenvalue weighted by Crippen LogP contribution is 2.14. The highest BCUT2D eigenvalue weighted by atomic mass is 16.6. The van der Waals surface area contributed by atoms with Gasteiger partial charge < -0.3 is 21.1 Å². The molecule has 0 heterocycles. The number of nitrogens with one attached hydrogen (secondary N) is 3. The van der Waals surface area contributed by atoms with Gasteiger partial charge in [0.05, 0.1) is 11.3 Å². The first kappa shape index (κ1) is 29.9. The van der Waals surface area contributed by atoms with Gasteiger partial charge >= 0.3 is 5.97 Å². The second-order valence-electron chi connectivity index (χ2n) is 8.89. The molecule has 2 aromatic rings. The van der Waals surface area contributed by atoms with Crippen LogP contribution in [0.2, 0.25) is 0 Å². The van der Waals surface area contributed by atoms with Crippen molar-refractivity contribution >= 4 is 29.4 Å². The van der Waals surface area contributed by atoms with Crippen molar-refractivity contribution in [3.8, 4) is 0 Å². The highest BCUT2D eigenvalue weighted by Gasteiger charge is 2.27. The van der Waals surface area contributed by atoms with Gasteiger partial charge in [-0.25, -0.2) is 0 Å². The van der Waals surface area contributed by atoms with E-state index in [1.807, 2.05) is 13.0 Å². The fraction of sp³-hybridized carbons (Fsp3) is 0.407. The van der Waals surface area contributed by atoms with Crippen molar-refractivity contribution in [3.63, 3.8) is 0 Å². The van der Waals surface area contributed by atoms with Gasteiger partial charge in [0.1, 0.15) is 12.1 Å². The predicted octanol–water partition coefficient (Wildman–Crippen LogP) is 2.52. The zero-order valence-corrected chi connectivity index (χ0v) is 21.4. The van der Waals surface area contributed by atoms with Crippen LogP contribution in [0.1, 0.15) is 50.2 Å². The molecule has 11 heteroatoms. The van der Waals surface area contributed by atoms with Crippen LogP contribution in [0.15, 0.2) is 54.6 Å². The Labute approximate surface area is 221 Å². The van der Waals surface area contributed by atoms with Gasteiger partial charge in [-0.15, -0.1) is 0 Å². The van der Waals surface area contributed by atoms with E-state index in [1.54, 1.807) is 24.3 Å². The molecule has 11 nitrogen and oxygen atoms in total. The lowest BCUT2D eigenvalue weighted by molar-refractivity contribution is -0.384. The van der Waals surface area contributed by atoms with E-state index in [1.165, 1.54) is 24.3 Å². The predicted molar refractivity (Wildman–Crippen MR) is 140 cm³/mol. The number of nitrogens with zero attached hydrogens (tertiary/aromatic N) is 1. The largest absolute Gasteiger partial charge is 0.481 e. The Hall–Kier alpha value is -4.28. The normalized spacial score (nSPS) is 12.1. The summed E-state index contributed by atoms with van der Waals surface area (Å²) in [6.45, 7) is 2.47. The molecular weight excluding hydrogens is 492 g/mol. The van der Waals surface area contributed by atoms with E-state index in [0.717, 1.165) is 24.8 Å². The van der Waals surface area contributed by atoms with E-state index >= 15 is 0 Å². The summed E-state index contributed by atoms with van der Waals surface area (Å²) < 4.78 is 0. The molecule has 0 aliphatic carbocycles. The number of carboxylic acid groups (broad SMARTS) is 1.